The molecule has 2 nitrogen and oxygen atoms in total. The lowest BCUT2D eigenvalue weighted by Crippen LogP contribution is -2.19. The highest BCUT2D eigenvalue weighted by atomic mass is 35.5. The Morgan fingerprint density at radius 3 is 2.75 bits per heavy atom. The zero-order chi connectivity index (χ0) is 14.5. The van der Waals surface area contributed by atoms with Crippen molar-refractivity contribution in [2.75, 3.05) is 0 Å². The van der Waals surface area contributed by atoms with Gasteiger partial charge in [-0.15, -0.1) is 0 Å². The van der Waals surface area contributed by atoms with Gasteiger partial charge in [-0.2, -0.15) is 5.26 Å². The number of hydrogen-bond donors (Lipinski definition) is 1. The van der Waals surface area contributed by atoms with Crippen molar-refractivity contribution in [3.63, 3.8) is 0 Å². The summed E-state index contributed by atoms with van der Waals surface area (Å²) < 4.78 is 13.7. The molecule has 0 saturated carbocycles. The van der Waals surface area contributed by atoms with E-state index in [4.69, 9.17) is 16.9 Å². The minimum absolute atomic E-state index is 0.00570. The molecule has 0 heterocycles. The number of rotatable bonds is 4. The topological polar surface area (TPSA) is 35.8 Å². The monoisotopic (exact) mass is 288 g/mol. The summed E-state index contributed by atoms with van der Waals surface area (Å²) in [6.07, 6.45) is 0. The molecule has 2 aromatic rings. The third-order valence-corrected chi connectivity index (χ3v) is 3.49. The van der Waals surface area contributed by atoms with Crippen LogP contribution in [0.15, 0.2) is 42.5 Å². The first-order valence-electron chi connectivity index (χ1n) is 6.28. The third kappa shape index (κ3) is 3.36. The van der Waals surface area contributed by atoms with E-state index in [2.05, 4.69) is 5.32 Å². The molecule has 0 amide bonds. The van der Waals surface area contributed by atoms with E-state index in [-0.39, 0.29) is 11.9 Å². The van der Waals surface area contributed by atoms with E-state index in [0.717, 1.165) is 5.56 Å². The first-order valence-corrected chi connectivity index (χ1v) is 6.66. The molecule has 0 aliphatic rings. The molecule has 0 radical (unpaired) electrons. The summed E-state index contributed by atoms with van der Waals surface area (Å²) in [5, 5.41) is 12.7. The van der Waals surface area contributed by atoms with Crippen LogP contribution in [-0.2, 0) is 6.54 Å². The van der Waals surface area contributed by atoms with Crippen molar-refractivity contribution >= 4 is 11.6 Å². The third-order valence-electron chi connectivity index (χ3n) is 3.15. The van der Waals surface area contributed by atoms with Crippen LogP contribution in [0.4, 0.5) is 4.39 Å². The number of nitriles is 1. The minimum atomic E-state index is -0.317. The average molecular weight is 289 g/mol. The highest BCUT2D eigenvalue weighted by Crippen LogP contribution is 2.22. The van der Waals surface area contributed by atoms with Crippen LogP contribution in [0, 0.1) is 17.1 Å². The summed E-state index contributed by atoms with van der Waals surface area (Å²) in [5.74, 6) is -0.317. The van der Waals surface area contributed by atoms with Gasteiger partial charge >= 0.3 is 0 Å². The lowest BCUT2D eigenvalue weighted by Gasteiger charge is -2.16. The van der Waals surface area contributed by atoms with Gasteiger partial charge in [0.15, 0.2) is 0 Å². The van der Waals surface area contributed by atoms with E-state index in [1.165, 1.54) is 12.1 Å². The van der Waals surface area contributed by atoms with Crippen molar-refractivity contribution in [1.82, 2.24) is 5.32 Å². The van der Waals surface area contributed by atoms with Crippen LogP contribution >= 0.6 is 11.6 Å². The van der Waals surface area contributed by atoms with E-state index >= 15 is 0 Å². The van der Waals surface area contributed by atoms with E-state index < -0.39 is 0 Å². The molecule has 0 saturated heterocycles. The second kappa shape index (κ2) is 6.51. The van der Waals surface area contributed by atoms with Crippen molar-refractivity contribution in [1.29, 1.82) is 5.26 Å². The molecule has 102 valence electrons. The molecular formula is C16H14ClFN2. The Morgan fingerprint density at radius 2 is 2.05 bits per heavy atom. The summed E-state index contributed by atoms with van der Waals surface area (Å²) in [7, 11) is 0. The molecule has 0 aromatic heterocycles. The van der Waals surface area contributed by atoms with Crippen LogP contribution in [0.25, 0.3) is 0 Å². The van der Waals surface area contributed by atoms with Crippen LogP contribution < -0.4 is 5.32 Å². The standard InChI is InChI=1S/C16H14ClFN2/c1-11(14-4-2-3-5-15(14)17)20-10-13-8-12(9-19)6-7-16(13)18/h2-8,11,20H,10H2,1H3/t11-/m0/s1. The van der Waals surface area contributed by atoms with Crippen LogP contribution in [0.2, 0.25) is 5.02 Å². The van der Waals surface area contributed by atoms with Gasteiger partial charge in [0.2, 0.25) is 0 Å². The van der Waals surface area contributed by atoms with Gasteiger partial charge in [0.05, 0.1) is 11.6 Å². The van der Waals surface area contributed by atoms with Crippen LogP contribution in [0.5, 0.6) is 0 Å². The molecule has 0 unspecified atom stereocenters. The molecule has 1 N–H and O–H groups in total. The Morgan fingerprint density at radius 1 is 1.30 bits per heavy atom. The smallest absolute Gasteiger partial charge is 0.127 e. The fourth-order valence-corrected chi connectivity index (χ4v) is 2.28. The predicted molar refractivity (Wildman–Crippen MR) is 77.8 cm³/mol. The zero-order valence-electron chi connectivity index (χ0n) is 11.0. The number of nitrogens with one attached hydrogen (secondary N) is 1. The van der Waals surface area contributed by atoms with E-state index in [1.54, 1.807) is 6.07 Å². The van der Waals surface area contributed by atoms with Crippen molar-refractivity contribution in [3.8, 4) is 6.07 Å². The zero-order valence-corrected chi connectivity index (χ0v) is 11.8. The predicted octanol–water partition coefficient (Wildman–Crippen LogP) is 4.20. The van der Waals surface area contributed by atoms with Crippen molar-refractivity contribution in [2.24, 2.45) is 0 Å². The van der Waals surface area contributed by atoms with Crippen LogP contribution in [0.3, 0.4) is 0 Å². The first-order chi connectivity index (χ1) is 9.61. The highest BCUT2D eigenvalue weighted by molar-refractivity contribution is 6.31. The van der Waals surface area contributed by atoms with Crippen molar-refractivity contribution < 1.29 is 4.39 Å². The maximum absolute atomic E-state index is 13.7. The number of hydrogen-bond acceptors (Lipinski definition) is 2. The molecule has 0 spiro atoms. The fraction of sp³-hybridized carbons (Fsp3) is 0.188. The molecule has 4 heteroatoms. The first kappa shape index (κ1) is 14.5. The Labute approximate surface area is 122 Å². The highest BCUT2D eigenvalue weighted by Gasteiger charge is 2.10. The molecule has 0 aliphatic heterocycles. The summed E-state index contributed by atoms with van der Waals surface area (Å²) in [6.45, 7) is 2.31. The van der Waals surface area contributed by atoms with Gasteiger partial charge in [-0.25, -0.2) is 4.39 Å². The number of benzene rings is 2. The normalized spacial score (nSPS) is 11.9. The second-order valence-electron chi connectivity index (χ2n) is 4.54. The molecule has 0 fully saturated rings. The van der Waals surface area contributed by atoms with E-state index in [0.29, 0.717) is 22.7 Å². The Hall–Kier alpha value is -1.89. The number of halogens is 2. The van der Waals surface area contributed by atoms with Gasteiger partial charge in [-0.05, 0) is 36.8 Å². The quantitative estimate of drug-likeness (QED) is 0.915. The second-order valence-corrected chi connectivity index (χ2v) is 4.95. The lowest BCUT2D eigenvalue weighted by molar-refractivity contribution is 0.544. The largest absolute Gasteiger partial charge is 0.306 e. The molecule has 2 aromatic carbocycles. The van der Waals surface area contributed by atoms with E-state index in [1.807, 2.05) is 37.3 Å². The van der Waals surface area contributed by atoms with Gasteiger partial charge in [-0.1, -0.05) is 29.8 Å². The van der Waals surface area contributed by atoms with Crippen molar-refractivity contribution in [3.05, 3.63) is 70.0 Å². The Bertz CT molecular complexity index is 649. The van der Waals surface area contributed by atoms with Crippen LogP contribution in [0.1, 0.15) is 29.7 Å². The summed E-state index contributed by atoms with van der Waals surface area (Å²) in [5.41, 5.74) is 1.89. The summed E-state index contributed by atoms with van der Waals surface area (Å²) >= 11 is 6.12. The van der Waals surface area contributed by atoms with Gasteiger partial charge in [-0.3, -0.25) is 0 Å². The summed E-state index contributed by atoms with van der Waals surface area (Å²) in [6, 6.07) is 13.9. The molecule has 20 heavy (non-hydrogen) atoms. The van der Waals surface area contributed by atoms with E-state index in [9.17, 15) is 4.39 Å². The maximum atomic E-state index is 13.7. The maximum Gasteiger partial charge on any atom is 0.127 e. The molecule has 1 atom stereocenters. The van der Waals surface area contributed by atoms with Gasteiger partial charge < -0.3 is 5.32 Å². The lowest BCUT2D eigenvalue weighted by atomic mass is 10.1. The number of nitrogens with zero attached hydrogens (tertiary/aromatic N) is 1. The van der Waals surface area contributed by atoms with Gasteiger partial charge in [0, 0.05) is 23.2 Å². The van der Waals surface area contributed by atoms with Crippen molar-refractivity contribution in [2.45, 2.75) is 19.5 Å². The molecule has 0 bridgehead atoms. The van der Waals surface area contributed by atoms with Crippen LogP contribution in [-0.4, -0.2) is 0 Å². The Balaban J connectivity index is 2.09. The summed E-state index contributed by atoms with van der Waals surface area (Å²) in [4.78, 5) is 0. The molecule has 0 aliphatic carbocycles. The van der Waals surface area contributed by atoms with Gasteiger partial charge in [0.1, 0.15) is 5.82 Å². The SMILES string of the molecule is C[C@H](NCc1cc(C#N)ccc1F)c1ccccc1Cl. The molecular weight excluding hydrogens is 275 g/mol. The minimum Gasteiger partial charge on any atom is -0.306 e. The fourth-order valence-electron chi connectivity index (χ4n) is 1.98. The Kier molecular flexibility index (Phi) is 4.73. The average Bonchev–Trinajstić information content (AvgIpc) is 2.46. The molecule has 2 rings (SSSR count). The van der Waals surface area contributed by atoms with Gasteiger partial charge in [0.25, 0.3) is 0 Å².